The van der Waals surface area contributed by atoms with Gasteiger partial charge in [-0.05, 0) is 38.9 Å². The van der Waals surface area contributed by atoms with Crippen molar-refractivity contribution in [3.63, 3.8) is 0 Å². The fraction of sp³-hybridized carbons (Fsp3) is 0.923. The number of likely N-dealkylation sites (N-methyl/N-ethyl adjacent to an activating group) is 1. The van der Waals surface area contributed by atoms with Crippen molar-refractivity contribution in [2.45, 2.75) is 45.2 Å². The molecule has 0 bridgehead atoms. The number of carbonyl (C=O) groups is 1. The predicted molar refractivity (Wildman–Crippen MR) is 78.0 cm³/mol. The van der Waals surface area contributed by atoms with Crippen LogP contribution in [0.15, 0.2) is 0 Å². The third-order valence-electron chi connectivity index (χ3n) is 4.13. The first-order chi connectivity index (χ1) is 7.97. The Kier molecular flexibility index (Phi) is 7.83. The van der Waals surface area contributed by atoms with Crippen LogP contribution in [0.25, 0.3) is 0 Å². The summed E-state index contributed by atoms with van der Waals surface area (Å²) in [5.41, 5.74) is 6.00. The number of likely N-dealkylation sites (tertiary alicyclic amines) is 1. The molecule has 0 spiro atoms. The van der Waals surface area contributed by atoms with Crippen molar-refractivity contribution in [3.05, 3.63) is 0 Å². The minimum absolute atomic E-state index is 0. The zero-order chi connectivity index (χ0) is 13.0. The van der Waals surface area contributed by atoms with Crippen LogP contribution in [0.4, 0.5) is 0 Å². The lowest BCUT2D eigenvalue weighted by Gasteiger charge is -2.36. The largest absolute Gasteiger partial charge is 0.341 e. The zero-order valence-corrected chi connectivity index (χ0v) is 12.9. The summed E-state index contributed by atoms with van der Waals surface area (Å²) in [7, 11) is 4.03. The van der Waals surface area contributed by atoms with Crippen molar-refractivity contribution in [1.29, 1.82) is 0 Å². The Bertz CT molecular complexity index is 255. The van der Waals surface area contributed by atoms with Gasteiger partial charge in [0.2, 0.25) is 5.91 Å². The lowest BCUT2D eigenvalue weighted by atomic mass is 9.97. The quantitative estimate of drug-likeness (QED) is 0.844. The number of piperidine rings is 1. The molecular weight excluding hydrogens is 250 g/mol. The van der Waals surface area contributed by atoms with Gasteiger partial charge in [0.25, 0.3) is 0 Å². The van der Waals surface area contributed by atoms with Gasteiger partial charge in [-0.1, -0.05) is 20.3 Å². The number of hydrogen-bond acceptors (Lipinski definition) is 3. The van der Waals surface area contributed by atoms with E-state index in [1.54, 1.807) is 0 Å². The zero-order valence-electron chi connectivity index (χ0n) is 12.1. The summed E-state index contributed by atoms with van der Waals surface area (Å²) in [6, 6.07) is 0.0264. The SMILES string of the molecule is CCC(C)C(N)C(=O)N(C)C1CCN(C)CC1.Cl. The van der Waals surface area contributed by atoms with E-state index in [1.165, 1.54) is 0 Å². The summed E-state index contributed by atoms with van der Waals surface area (Å²) in [6.07, 6.45) is 3.08. The van der Waals surface area contributed by atoms with E-state index >= 15 is 0 Å². The first-order valence-corrected chi connectivity index (χ1v) is 6.68. The molecule has 0 radical (unpaired) electrons. The highest BCUT2D eigenvalue weighted by molar-refractivity contribution is 5.85. The highest BCUT2D eigenvalue weighted by Gasteiger charge is 2.28. The molecule has 2 unspecified atom stereocenters. The normalized spacial score (nSPS) is 20.9. The van der Waals surface area contributed by atoms with Gasteiger partial charge in [0.1, 0.15) is 0 Å². The molecule has 0 aromatic carbocycles. The number of halogens is 1. The Morgan fingerprint density at radius 3 is 2.39 bits per heavy atom. The van der Waals surface area contributed by atoms with Gasteiger partial charge in [-0.3, -0.25) is 4.79 Å². The molecule has 18 heavy (non-hydrogen) atoms. The molecule has 1 aliphatic rings. The summed E-state index contributed by atoms with van der Waals surface area (Å²) in [5, 5.41) is 0. The molecule has 1 rings (SSSR count). The second-order valence-electron chi connectivity index (χ2n) is 5.39. The van der Waals surface area contributed by atoms with Crippen LogP contribution in [0.5, 0.6) is 0 Å². The number of amides is 1. The fourth-order valence-corrected chi connectivity index (χ4v) is 2.29. The smallest absolute Gasteiger partial charge is 0.239 e. The Labute approximate surface area is 117 Å². The number of rotatable bonds is 4. The molecule has 1 amide bonds. The monoisotopic (exact) mass is 277 g/mol. The van der Waals surface area contributed by atoms with Crippen molar-refractivity contribution < 1.29 is 4.79 Å². The maximum atomic E-state index is 12.2. The fourth-order valence-electron chi connectivity index (χ4n) is 2.29. The molecule has 0 aromatic heterocycles. The molecule has 1 saturated heterocycles. The van der Waals surface area contributed by atoms with Crippen LogP contribution in [0.2, 0.25) is 0 Å². The lowest BCUT2D eigenvalue weighted by molar-refractivity contribution is -0.135. The molecule has 2 atom stereocenters. The van der Waals surface area contributed by atoms with Crippen molar-refractivity contribution in [2.24, 2.45) is 11.7 Å². The van der Waals surface area contributed by atoms with E-state index in [2.05, 4.69) is 18.9 Å². The average Bonchev–Trinajstić information content (AvgIpc) is 2.36. The Morgan fingerprint density at radius 1 is 1.44 bits per heavy atom. The molecule has 0 saturated carbocycles. The van der Waals surface area contributed by atoms with Gasteiger partial charge >= 0.3 is 0 Å². The van der Waals surface area contributed by atoms with Crippen LogP contribution in [-0.2, 0) is 4.79 Å². The van der Waals surface area contributed by atoms with Crippen LogP contribution in [0.3, 0.4) is 0 Å². The number of hydrogen-bond donors (Lipinski definition) is 1. The van der Waals surface area contributed by atoms with Gasteiger partial charge in [-0.25, -0.2) is 0 Å². The van der Waals surface area contributed by atoms with Gasteiger partial charge in [0.15, 0.2) is 0 Å². The number of carbonyl (C=O) groups excluding carboxylic acids is 1. The van der Waals surface area contributed by atoms with Crippen molar-refractivity contribution in [1.82, 2.24) is 9.80 Å². The molecule has 1 heterocycles. The summed E-state index contributed by atoms with van der Waals surface area (Å²) in [4.78, 5) is 16.4. The number of nitrogens with two attached hydrogens (primary N) is 1. The molecule has 1 aliphatic heterocycles. The third kappa shape index (κ3) is 4.41. The average molecular weight is 278 g/mol. The van der Waals surface area contributed by atoms with E-state index in [4.69, 9.17) is 5.73 Å². The first kappa shape index (κ1) is 17.7. The summed E-state index contributed by atoms with van der Waals surface area (Å²) in [5.74, 6) is 0.366. The van der Waals surface area contributed by atoms with E-state index in [0.717, 1.165) is 32.4 Å². The minimum Gasteiger partial charge on any atom is -0.341 e. The van der Waals surface area contributed by atoms with Gasteiger partial charge in [-0.2, -0.15) is 0 Å². The topological polar surface area (TPSA) is 49.6 Å². The molecule has 0 aliphatic carbocycles. The summed E-state index contributed by atoms with van der Waals surface area (Å²) in [6.45, 7) is 6.26. The summed E-state index contributed by atoms with van der Waals surface area (Å²) < 4.78 is 0. The molecule has 108 valence electrons. The van der Waals surface area contributed by atoms with Gasteiger partial charge in [0.05, 0.1) is 6.04 Å². The van der Waals surface area contributed by atoms with Gasteiger partial charge in [0, 0.05) is 13.1 Å². The molecule has 0 aromatic rings. The van der Waals surface area contributed by atoms with Crippen LogP contribution >= 0.6 is 12.4 Å². The van der Waals surface area contributed by atoms with E-state index < -0.39 is 0 Å². The van der Waals surface area contributed by atoms with Crippen LogP contribution in [-0.4, -0.2) is 55.0 Å². The molecule has 4 nitrogen and oxygen atoms in total. The van der Waals surface area contributed by atoms with E-state index in [9.17, 15) is 4.79 Å². The van der Waals surface area contributed by atoms with Gasteiger partial charge < -0.3 is 15.5 Å². The Hall–Kier alpha value is -0.320. The maximum Gasteiger partial charge on any atom is 0.239 e. The van der Waals surface area contributed by atoms with E-state index in [-0.39, 0.29) is 30.3 Å². The Morgan fingerprint density at radius 2 is 1.94 bits per heavy atom. The second-order valence-corrected chi connectivity index (χ2v) is 5.39. The second kappa shape index (κ2) is 7.97. The molecule has 1 fully saturated rings. The lowest BCUT2D eigenvalue weighted by Crippen LogP contribution is -2.51. The van der Waals surface area contributed by atoms with Crippen LogP contribution in [0, 0.1) is 5.92 Å². The highest BCUT2D eigenvalue weighted by atomic mass is 35.5. The third-order valence-corrected chi connectivity index (χ3v) is 4.13. The van der Waals surface area contributed by atoms with E-state index in [1.807, 2.05) is 18.9 Å². The van der Waals surface area contributed by atoms with Gasteiger partial charge in [-0.15, -0.1) is 12.4 Å². The van der Waals surface area contributed by atoms with E-state index in [0.29, 0.717) is 6.04 Å². The van der Waals surface area contributed by atoms with Crippen LogP contribution < -0.4 is 5.73 Å². The van der Waals surface area contributed by atoms with Crippen molar-refractivity contribution in [3.8, 4) is 0 Å². The predicted octanol–water partition coefficient (Wildman–Crippen LogP) is 1.33. The first-order valence-electron chi connectivity index (χ1n) is 6.68. The molecule has 2 N–H and O–H groups in total. The highest BCUT2D eigenvalue weighted by Crippen LogP contribution is 2.16. The maximum absolute atomic E-state index is 12.2. The van der Waals surface area contributed by atoms with Crippen LogP contribution in [0.1, 0.15) is 33.1 Å². The summed E-state index contributed by atoms with van der Waals surface area (Å²) >= 11 is 0. The molecular formula is C13H28ClN3O. The standard InChI is InChI=1S/C13H27N3O.ClH/c1-5-10(2)12(14)13(17)16(4)11-6-8-15(3)9-7-11;/h10-12H,5-9,14H2,1-4H3;1H. The Balaban J connectivity index is 0.00000289. The van der Waals surface area contributed by atoms with Crippen molar-refractivity contribution in [2.75, 3.05) is 27.2 Å². The number of nitrogens with zero attached hydrogens (tertiary/aromatic N) is 2. The minimum atomic E-state index is -0.343. The van der Waals surface area contributed by atoms with Crippen molar-refractivity contribution >= 4 is 18.3 Å². The molecule has 5 heteroatoms.